The monoisotopic (exact) mass is 265 g/mol. The maximum Gasteiger partial charge on any atom is 0.150 e. The molecule has 0 aromatic heterocycles. The highest BCUT2D eigenvalue weighted by molar-refractivity contribution is 5.78. The zero-order valence-corrected chi connectivity index (χ0v) is 10.4. The molecule has 0 saturated carbocycles. The van der Waals surface area contributed by atoms with E-state index in [1.807, 2.05) is 0 Å². The first-order valence-corrected chi connectivity index (χ1v) is 5.64. The molecule has 2 N–H and O–H groups in total. The molecule has 0 heterocycles. The van der Waals surface area contributed by atoms with Crippen molar-refractivity contribution < 1.29 is 19.7 Å². The van der Waals surface area contributed by atoms with Crippen LogP contribution in [0.1, 0.15) is 28.4 Å². The number of azide groups is 1. The Labute approximate surface area is 110 Å². The van der Waals surface area contributed by atoms with Gasteiger partial charge >= 0.3 is 0 Å². The van der Waals surface area contributed by atoms with Crippen LogP contribution in [0.3, 0.4) is 0 Å². The molecular formula is C12H15N3O4. The number of carbonyl (C=O) groups is 1. The predicted molar refractivity (Wildman–Crippen MR) is 68.0 cm³/mol. The second-order valence-corrected chi connectivity index (χ2v) is 3.87. The Morgan fingerprint density at radius 2 is 2.26 bits per heavy atom. The van der Waals surface area contributed by atoms with Crippen molar-refractivity contribution in [2.24, 2.45) is 5.11 Å². The number of hydrogen-bond donors (Lipinski definition) is 2. The van der Waals surface area contributed by atoms with Crippen molar-refractivity contribution in [1.82, 2.24) is 0 Å². The van der Waals surface area contributed by atoms with Crippen molar-refractivity contribution in [2.75, 3.05) is 13.7 Å². The van der Waals surface area contributed by atoms with Gasteiger partial charge in [-0.1, -0.05) is 11.2 Å². The summed E-state index contributed by atoms with van der Waals surface area (Å²) in [4.78, 5) is 13.5. The predicted octanol–water partition coefficient (Wildman–Crippen LogP) is 1.60. The van der Waals surface area contributed by atoms with Gasteiger partial charge in [0.15, 0.2) is 6.29 Å². The Balaban J connectivity index is 2.88. The zero-order chi connectivity index (χ0) is 14.3. The van der Waals surface area contributed by atoms with Gasteiger partial charge in [-0.3, -0.25) is 4.79 Å². The molecule has 1 rings (SSSR count). The largest absolute Gasteiger partial charge is 0.497 e. The molecule has 0 aliphatic rings. The van der Waals surface area contributed by atoms with Crippen LogP contribution >= 0.6 is 0 Å². The highest BCUT2D eigenvalue weighted by Crippen LogP contribution is 2.25. The van der Waals surface area contributed by atoms with Crippen molar-refractivity contribution in [3.63, 3.8) is 0 Å². The van der Waals surface area contributed by atoms with Crippen molar-refractivity contribution >= 4 is 6.29 Å². The number of aliphatic hydroxyl groups is 2. The minimum absolute atomic E-state index is 0.0707. The molecule has 0 saturated heterocycles. The molecule has 0 spiro atoms. The second-order valence-electron chi connectivity index (χ2n) is 3.87. The van der Waals surface area contributed by atoms with Gasteiger partial charge < -0.3 is 14.9 Å². The number of carbonyl (C=O) groups excluding carboxylic acids is 1. The summed E-state index contributed by atoms with van der Waals surface area (Å²) < 4.78 is 4.97. The Morgan fingerprint density at radius 1 is 1.53 bits per heavy atom. The van der Waals surface area contributed by atoms with Gasteiger partial charge in [-0.15, -0.1) is 0 Å². The van der Waals surface area contributed by atoms with E-state index in [0.717, 1.165) is 0 Å². The molecule has 1 aromatic rings. The van der Waals surface area contributed by atoms with Crippen LogP contribution in [0.15, 0.2) is 23.3 Å². The Bertz CT molecular complexity index is 486. The Hall–Kier alpha value is -2.08. The number of nitrogens with zero attached hydrogens (tertiary/aromatic N) is 3. The van der Waals surface area contributed by atoms with Crippen LogP contribution in [0.5, 0.6) is 5.75 Å². The van der Waals surface area contributed by atoms with Crippen LogP contribution in [-0.4, -0.2) is 36.3 Å². The number of rotatable bonds is 7. The number of methoxy groups -OCH3 is 1. The van der Waals surface area contributed by atoms with Crippen LogP contribution in [-0.2, 0) is 0 Å². The second kappa shape index (κ2) is 7.38. The smallest absolute Gasteiger partial charge is 0.150 e. The summed E-state index contributed by atoms with van der Waals surface area (Å²) in [6.45, 7) is 0.0707. The fourth-order valence-electron chi connectivity index (χ4n) is 1.65. The molecule has 0 aliphatic carbocycles. The van der Waals surface area contributed by atoms with Crippen LogP contribution in [0.25, 0.3) is 10.4 Å². The summed E-state index contributed by atoms with van der Waals surface area (Å²) in [5, 5.41) is 23.0. The lowest BCUT2D eigenvalue weighted by atomic mass is 9.97. The highest BCUT2D eigenvalue weighted by atomic mass is 16.5. The van der Waals surface area contributed by atoms with E-state index < -0.39 is 12.2 Å². The third-order valence-electron chi connectivity index (χ3n) is 2.69. The normalized spacial score (nSPS) is 13.2. The molecule has 2 atom stereocenters. The molecule has 0 aliphatic heterocycles. The van der Waals surface area contributed by atoms with Crippen molar-refractivity contribution in [3.05, 3.63) is 39.8 Å². The molecule has 7 nitrogen and oxygen atoms in total. The number of aldehydes is 1. The summed E-state index contributed by atoms with van der Waals surface area (Å²) >= 11 is 0. The van der Waals surface area contributed by atoms with E-state index in [-0.39, 0.29) is 18.5 Å². The fourth-order valence-corrected chi connectivity index (χ4v) is 1.65. The SMILES string of the molecule is COc1ccc(C(O)C(O)CCN=[N+]=[N-])c(C=O)c1. The average Bonchev–Trinajstić information content (AvgIpc) is 2.45. The molecular weight excluding hydrogens is 250 g/mol. The molecule has 19 heavy (non-hydrogen) atoms. The van der Waals surface area contributed by atoms with E-state index in [4.69, 9.17) is 10.3 Å². The molecule has 1 aromatic carbocycles. The third kappa shape index (κ3) is 3.96. The van der Waals surface area contributed by atoms with Gasteiger partial charge in [-0.05, 0) is 29.6 Å². The summed E-state index contributed by atoms with van der Waals surface area (Å²) in [6.07, 6.45) is -1.64. The number of hydrogen-bond acceptors (Lipinski definition) is 5. The van der Waals surface area contributed by atoms with Gasteiger partial charge in [0.1, 0.15) is 11.9 Å². The number of ether oxygens (including phenoxy) is 1. The average molecular weight is 265 g/mol. The number of aliphatic hydroxyl groups excluding tert-OH is 2. The molecule has 0 amide bonds. The van der Waals surface area contributed by atoms with Gasteiger partial charge in [-0.25, -0.2) is 0 Å². The van der Waals surface area contributed by atoms with Crippen LogP contribution in [0, 0.1) is 0 Å². The third-order valence-corrected chi connectivity index (χ3v) is 2.69. The molecule has 0 fully saturated rings. The van der Waals surface area contributed by atoms with E-state index in [0.29, 0.717) is 17.6 Å². The molecule has 102 valence electrons. The molecule has 0 radical (unpaired) electrons. The minimum Gasteiger partial charge on any atom is -0.497 e. The first-order chi connectivity index (χ1) is 9.13. The maximum absolute atomic E-state index is 11.0. The van der Waals surface area contributed by atoms with Crippen molar-refractivity contribution in [1.29, 1.82) is 0 Å². The van der Waals surface area contributed by atoms with E-state index >= 15 is 0 Å². The summed E-state index contributed by atoms with van der Waals surface area (Å²) in [6, 6.07) is 4.58. The Morgan fingerprint density at radius 3 is 2.84 bits per heavy atom. The van der Waals surface area contributed by atoms with E-state index in [1.54, 1.807) is 6.07 Å². The lowest BCUT2D eigenvalue weighted by molar-refractivity contribution is 0.0147. The highest BCUT2D eigenvalue weighted by Gasteiger charge is 2.20. The van der Waals surface area contributed by atoms with Gasteiger partial charge in [-0.2, -0.15) is 0 Å². The Kier molecular flexibility index (Phi) is 5.81. The van der Waals surface area contributed by atoms with Gasteiger partial charge in [0.25, 0.3) is 0 Å². The van der Waals surface area contributed by atoms with Crippen molar-refractivity contribution in [3.8, 4) is 5.75 Å². The summed E-state index contributed by atoms with van der Waals surface area (Å²) in [5.74, 6) is 0.488. The maximum atomic E-state index is 11.0. The van der Waals surface area contributed by atoms with Gasteiger partial charge in [0, 0.05) is 17.0 Å². The van der Waals surface area contributed by atoms with Gasteiger partial charge in [0.05, 0.1) is 13.2 Å². The van der Waals surface area contributed by atoms with Crippen LogP contribution in [0.2, 0.25) is 0 Å². The standard InChI is InChI=1S/C12H15N3O4/c1-19-9-2-3-10(8(6-9)7-16)12(18)11(17)4-5-14-15-13/h2-3,6-7,11-12,17-18H,4-5H2,1H3. The van der Waals surface area contributed by atoms with Gasteiger partial charge in [0.2, 0.25) is 0 Å². The molecule has 2 unspecified atom stereocenters. The fraction of sp³-hybridized carbons (Fsp3) is 0.417. The van der Waals surface area contributed by atoms with Crippen LogP contribution in [0.4, 0.5) is 0 Å². The quantitative estimate of drug-likeness (QED) is 0.337. The lowest BCUT2D eigenvalue weighted by Gasteiger charge is -2.19. The molecule has 7 heteroatoms. The first-order valence-electron chi connectivity index (χ1n) is 5.64. The summed E-state index contributed by atoms with van der Waals surface area (Å²) in [7, 11) is 1.47. The minimum atomic E-state index is -1.22. The van der Waals surface area contributed by atoms with Crippen molar-refractivity contribution in [2.45, 2.75) is 18.6 Å². The lowest BCUT2D eigenvalue weighted by Crippen LogP contribution is -2.20. The van der Waals surface area contributed by atoms with E-state index in [9.17, 15) is 15.0 Å². The summed E-state index contributed by atoms with van der Waals surface area (Å²) in [5.41, 5.74) is 8.68. The number of benzene rings is 1. The first kappa shape index (κ1) is 15.0. The van der Waals surface area contributed by atoms with Crippen LogP contribution < -0.4 is 4.74 Å². The zero-order valence-electron chi connectivity index (χ0n) is 10.4. The molecule has 0 bridgehead atoms. The van der Waals surface area contributed by atoms with E-state index in [2.05, 4.69) is 10.0 Å². The van der Waals surface area contributed by atoms with E-state index in [1.165, 1.54) is 19.2 Å². The topological polar surface area (TPSA) is 116 Å².